The fourth-order valence-electron chi connectivity index (χ4n) is 2.27. The molecule has 0 bridgehead atoms. The number of anilines is 1. The Morgan fingerprint density at radius 3 is 3.03 bits per heavy atom. The molecule has 0 saturated carbocycles. The van der Waals surface area contributed by atoms with Crippen LogP contribution in [-0.4, -0.2) is 47.4 Å². The van der Waals surface area contributed by atoms with Crippen molar-refractivity contribution in [2.75, 3.05) is 16.8 Å². The lowest BCUT2D eigenvalue weighted by Gasteiger charge is -1.99. The van der Waals surface area contributed by atoms with Crippen molar-refractivity contribution in [3.05, 3.63) is 35.4 Å². The Morgan fingerprint density at radius 2 is 2.21 bits per heavy atom. The van der Waals surface area contributed by atoms with Crippen LogP contribution in [0.1, 0.15) is 5.89 Å². The zero-order valence-electron chi connectivity index (χ0n) is 15.0. The number of thioether (sulfide) groups is 2. The molecular formula is C16H14ClN7O2S3. The largest absolute Gasteiger partial charge is 0.416 e. The van der Waals surface area contributed by atoms with Crippen molar-refractivity contribution in [1.82, 2.24) is 29.9 Å². The van der Waals surface area contributed by atoms with Crippen molar-refractivity contribution < 1.29 is 9.21 Å². The van der Waals surface area contributed by atoms with Gasteiger partial charge in [0.1, 0.15) is 6.33 Å². The smallest absolute Gasteiger partial charge is 0.277 e. The van der Waals surface area contributed by atoms with E-state index in [1.165, 1.54) is 23.1 Å². The van der Waals surface area contributed by atoms with E-state index in [1.807, 2.05) is 23.7 Å². The maximum Gasteiger partial charge on any atom is 0.277 e. The quantitative estimate of drug-likeness (QED) is 0.389. The van der Waals surface area contributed by atoms with Crippen molar-refractivity contribution in [2.24, 2.45) is 7.05 Å². The maximum absolute atomic E-state index is 12.2. The van der Waals surface area contributed by atoms with Gasteiger partial charge in [-0.25, -0.2) is 4.98 Å². The number of carbonyl (C=O) groups excluding carboxylic acids is 1. The number of nitrogens with zero attached hydrogens (tertiary/aromatic N) is 6. The van der Waals surface area contributed by atoms with Gasteiger partial charge in [-0.3, -0.25) is 4.79 Å². The normalized spacial score (nSPS) is 11.2. The Bertz CT molecular complexity index is 1140. The predicted molar refractivity (Wildman–Crippen MR) is 114 cm³/mol. The number of hydrogen-bond donors (Lipinski definition) is 1. The first-order valence-electron chi connectivity index (χ1n) is 8.35. The second-order valence-corrected chi connectivity index (χ2v) is 9.21. The fraction of sp³-hybridized carbons (Fsp3) is 0.250. The first kappa shape index (κ1) is 20.1. The number of benzene rings is 1. The molecule has 29 heavy (non-hydrogen) atoms. The van der Waals surface area contributed by atoms with Crippen LogP contribution in [0.15, 0.2) is 39.3 Å². The Balaban J connectivity index is 1.24. The van der Waals surface area contributed by atoms with E-state index in [2.05, 4.69) is 30.7 Å². The van der Waals surface area contributed by atoms with E-state index >= 15 is 0 Å². The molecule has 0 spiro atoms. The molecule has 0 aliphatic carbocycles. The second-order valence-electron chi connectivity index (χ2n) is 5.75. The van der Waals surface area contributed by atoms with Gasteiger partial charge in [-0.1, -0.05) is 46.5 Å². The molecule has 9 nitrogen and oxygen atoms in total. The molecule has 0 aliphatic heterocycles. The number of fused-ring (bicyclic) bond motifs is 1. The SMILES string of the molecule is Cn1cnnc1SCCc1nnc(SCC(=O)Nc2nc3ccc(Cl)cc3s2)o1. The molecule has 1 aromatic carbocycles. The van der Waals surface area contributed by atoms with E-state index in [4.69, 9.17) is 16.0 Å². The number of amides is 1. The number of hydrogen-bond acceptors (Lipinski definition) is 10. The van der Waals surface area contributed by atoms with Gasteiger partial charge in [-0.05, 0) is 18.2 Å². The van der Waals surface area contributed by atoms with E-state index in [-0.39, 0.29) is 11.7 Å². The van der Waals surface area contributed by atoms with E-state index in [9.17, 15) is 4.79 Å². The molecule has 1 amide bonds. The summed E-state index contributed by atoms with van der Waals surface area (Å²) in [6.07, 6.45) is 2.25. The van der Waals surface area contributed by atoms with E-state index in [1.54, 1.807) is 24.2 Å². The van der Waals surface area contributed by atoms with Gasteiger partial charge in [0.25, 0.3) is 5.22 Å². The maximum atomic E-state index is 12.2. The zero-order chi connectivity index (χ0) is 20.2. The molecule has 0 unspecified atom stereocenters. The highest BCUT2D eigenvalue weighted by Gasteiger charge is 2.12. The predicted octanol–water partition coefficient (Wildman–Crippen LogP) is 3.53. The molecule has 0 saturated heterocycles. The van der Waals surface area contributed by atoms with Crippen LogP contribution >= 0.6 is 46.5 Å². The summed E-state index contributed by atoms with van der Waals surface area (Å²) < 4.78 is 8.34. The first-order valence-corrected chi connectivity index (χ1v) is 11.5. The second kappa shape index (κ2) is 9.11. The van der Waals surface area contributed by atoms with Crippen molar-refractivity contribution in [2.45, 2.75) is 16.8 Å². The highest BCUT2D eigenvalue weighted by molar-refractivity contribution is 7.99. The van der Waals surface area contributed by atoms with E-state index in [0.717, 1.165) is 21.1 Å². The Hall–Kier alpha value is -2.15. The summed E-state index contributed by atoms with van der Waals surface area (Å²) in [5, 5.41) is 20.9. The molecule has 4 aromatic rings. The monoisotopic (exact) mass is 467 g/mol. The molecule has 0 fully saturated rings. The third-order valence-electron chi connectivity index (χ3n) is 3.59. The average Bonchev–Trinajstić information content (AvgIpc) is 3.40. The molecule has 4 rings (SSSR count). The minimum atomic E-state index is -0.197. The molecular weight excluding hydrogens is 454 g/mol. The van der Waals surface area contributed by atoms with Crippen LogP contribution in [0.5, 0.6) is 0 Å². The minimum Gasteiger partial charge on any atom is -0.416 e. The van der Waals surface area contributed by atoms with Gasteiger partial charge in [-0.2, -0.15) is 0 Å². The summed E-state index contributed by atoms with van der Waals surface area (Å²) in [6.45, 7) is 0. The van der Waals surface area contributed by atoms with E-state index in [0.29, 0.717) is 27.7 Å². The van der Waals surface area contributed by atoms with Gasteiger partial charge in [0.2, 0.25) is 11.8 Å². The third kappa shape index (κ3) is 5.26. The van der Waals surface area contributed by atoms with Gasteiger partial charge in [0.15, 0.2) is 10.3 Å². The number of aryl methyl sites for hydroxylation is 2. The molecule has 1 N–H and O–H groups in total. The van der Waals surface area contributed by atoms with Crippen LogP contribution in [0, 0.1) is 0 Å². The summed E-state index contributed by atoms with van der Waals surface area (Å²) in [5.41, 5.74) is 0.795. The number of carbonyl (C=O) groups is 1. The Labute approximate surface area is 182 Å². The van der Waals surface area contributed by atoms with Crippen molar-refractivity contribution in [3.8, 4) is 0 Å². The Kier molecular flexibility index (Phi) is 6.33. The van der Waals surface area contributed by atoms with E-state index < -0.39 is 0 Å². The lowest BCUT2D eigenvalue weighted by Crippen LogP contribution is -2.13. The fourth-order valence-corrected chi connectivity index (χ4v) is 4.82. The lowest BCUT2D eigenvalue weighted by molar-refractivity contribution is -0.113. The standard InChI is InChI=1S/C16H14ClN7O2S3/c1-24-8-18-22-15(24)27-5-4-13-21-23-16(26-13)28-7-12(25)20-14-19-10-3-2-9(17)6-11(10)29-14/h2-3,6,8H,4-5,7H2,1H3,(H,19,20,25). The Morgan fingerprint density at radius 1 is 1.31 bits per heavy atom. The van der Waals surface area contributed by atoms with Crippen molar-refractivity contribution in [1.29, 1.82) is 0 Å². The number of nitrogens with one attached hydrogen (secondary N) is 1. The third-order valence-corrected chi connectivity index (χ3v) is 6.61. The highest BCUT2D eigenvalue weighted by atomic mass is 35.5. The zero-order valence-corrected chi connectivity index (χ0v) is 18.2. The van der Waals surface area contributed by atoms with Gasteiger partial charge in [-0.15, -0.1) is 20.4 Å². The molecule has 0 radical (unpaired) electrons. The van der Waals surface area contributed by atoms with Gasteiger partial charge in [0.05, 0.1) is 16.0 Å². The molecule has 150 valence electrons. The van der Waals surface area contributed by atoms with Crippen LogP contribution in [0.4, 0.5) is 5.13 Å². The molecule has 3 aromatic heterocycles. The van der Waals surface area contributed by atoms with Crippen LogP contribution in [0.25, 0.3) is 10.2 Å². The summed E-state index contributed by atoms with van der Waals surface area (Å²) in [5.74, 6) is 1.20. The summed E-state index contributed by atoms with van der Waals surface area (Å²) >= 11 is 10.1. The van der Waals surface area contributed by atoms with Gasteiger partial charge >= 0.3 is 0 Å². The van der Waals surface area contributed by atoms with Crippen molar-refractivity contribution in [3.63, 3.8) is 0 Å². The number of rotatable bonds is 8. The lowest BCUT2D eigenvalue weighted by atomic mass is 10.3. The minimum absolute atomic E-state index is 0.145. The highest BCUT2D eigenvalue weighted by Crippen LogP contribution is 2.28. The number of thiazole rings is 1. The number of aromatic nitrogens is 6. The van der Waals surface area contributed by atoms with Crippen LogP contribution in [-0.2, 0) is 18.3 Å². The van der Waals surface area contributed by atoms with Crippen LogP contribution in [0.2, 0.25) is 5.02 Å². The molecule has 0 atom stereocenters. The van der Waals surface area contributed by atoms with Gasteiger partial charge < -0.3 is 14.3 Å². The summed E-state index contributed by atoms with van der Waals surface area (Å²) in [7, 11) is 1.89. The molecule has 13 heteroatoms. The first-order chi connectivity index (χ1) is 14.1. The summed E-state index contributed by atoms with van der Waals surface area (Å²) in [4.78, 5) is 16.5. The van der Waals surface area contributed by atoms with Gasteiger partial charge in [0, 0.05) is 24.2 Å². The number of halogens is 1. The van der Waals surface area contributed by atoms with Crippen molar-refractivity contribution >= 4 is 67.7 Å². The van der Waals surface area contributed by atoms with Crippen LogP contribution < -0.4 is 5.32 Å². The summed E-state index contributed by atoms with van der Waals surface area (Å²) in [6, 6.07) is 5.41. The molecule has 0 aliphatic rings. The molecule has 3 heterocycles. The van der Waals surface area contributed by atoms with Crippen LogP contribution in [0.3, 0.4) is 0 Å². The topological polar surface area (TPSA) is 112 Å². The average molecular weight is 468 g/mol.